The van der Waals surface area contributed by atoms with Crippen LogP contribution >= 0.6 is 22.7 Å². The topological polar surface area (TPSA) is 54.0 Å². The standard InChI is InChI=1S/C13H12N4S2/c1-8(2)12-10(7-14)17-13(15-12)19-11(16-17)6-9-4-3-5-18-9/h3-5,8H,6H2,1-2H3. The van der Waals surface area contributed by atoms with Gasteiger partial charge < -0.3 is 0 Å². The number of hydrogen-bond acceptors (Lipinski definition) is 5. The quantitative estimate of drug-likeness (QED) is 0.742. The second kappa shape index (κ2) is 4.76. The fraction of sp³-hybridized carbons (Fsp3) is 0.308. The Morgan fingerprint density at radius 2 is 2.32 bits per heavy atom. The molecule has 4 nitrogen and oxygen atoms in total. The number of hydrogen-bond donors (Lipinski definition) is 0. The summed E-state index contributed by atoms with van der Waals surface area (Å²) in [4.78, 5) is 6.62. The molecule has 0 aliphatic rings. The first-order valence-electron chi connectivity index (χ1n) is 6.00. The van der Waals surface area contributed by atoms with Crippen LogP contribution in [-0.2, 0) is 6.42 Å². The lowest BCUT2D eigenvalue weighted by Crippen LogP contribution is -1.96. The van der Waals surface area contributed by atoms with E-state index in [0.717, 1.165) is 22.1 Å². The molecule has 0 fully saturated rings. The molecule has 96 valence electrons. The van der Waals surface area contributed by atoms with Crippen LogP contribution in [0.4, 0.5) is 0 Å². The third-order valence-corrected chi connectivity index (χ3v) is 4.62. The maximum atomic E-state index is 9.28. The lowest BCUT2D eigenvalue weighted by Gasteiger charge is -1.98. The first kappa shape index (κ1) is 12.3. The van der Waals surface area contributed by atoms with Crippen molar-refractivity contribution in [3.05, 3.63) is 38.8 Å². The van der Waals surface area contributed by atoms with Gasteiger partial charge in [-0.3, -0.25) is 0 Å². The molecule has 0 atom stereocenters. The lowest BCUT2D eigenvalue weighted by atomic mass is 10.1. The SMILES string of the molecule is CC(C)c1nc2sc(Cc3cccs3)nn2c1C#N. The van der Waals surface area contributed by atoms with Gasteiger partial charge in [-0.15, -0.1) is 11.3 Å². The summed E-state index contributed by atoms with van der Waals surface area (Å²) in [5.74, 6) is 0.240. The lowest BCUT2D eigenvalue weighted by molar-refractivity contribution is 0.819. The van der Waals surface area contributed by atoms with Gasteiger partial charge in [0.25, 0.3) is 0 Å². The zero-order valence-corrected chi connectivity index (χ0v) is 12.3. The van der Waals surface area contributed by atoms with E-state index in [1.54, 1.807) is 27.2 Å². The number of thiophene rings is 1. The molecule has 0 aromatic carbocycles. The predicted molar refractivity (Wildman–Crippen MR) is 76.8 cm³/mol. The second-order valence-electron chi connectivity index (χ2n) is 4.56. The minimum absolute atomic E-state index is 0.240. The molecule has 0 spiro atoms. The minimum Gasteiger partial charge on any atom is -0.221 e. The predicted octanol–water partition coefficient (Wildman–Crippen LogP) is 3.44. The molecule has 3 heterocycles. The molecule has 0 aliphatic carbocycles. The molecular weight excluding hydrogens is 276 g/mol. The van der Waals surface area contributed by atoms with Crippen molar-refractivity contribution in [2.24, 2.45) is 0 Å². The fourth-order valence-electron chi connectivity index (χ4n) is 1.94. The summed E-state index contributed by atoms with van der Waals surface area (Å²) < 4.78 is 1.68. The van der Waals surface area contributed by atoms with Crippen molar-refractivity contribution in [3.63, 3.8) is 0 Å². The van der Waals surface area contributed by atoms with E-state index >= 15 is 0 Å². The van der Waals surface area contributed by atoms with E-state index in [1.165, 1.54) is 4.88 Å². The van der Waals surface area contributed by atoms with E-state index in [9.17, 15) is 5.26 Å². The molecule has 0 amide bonds. The highest BCUT2D eigenvalue weighted by Crippen LogP contribution is 2.25. The second-order valence-corrected chi connectivity index (χ2v) is 6.63. The molecule has 6 heteroatoms. The zero-order chi connectivity index (χ0) is 13.4. The summed E-state index contributed by atoms with van der Waals surface area (Å²) in [7, 11) is 0. The monoisotopic (exact) mass is 288 g/mol. The summed E-state index contributed by atoms with van der Waals surface area (Å²) in [6.07, 6.45) is 0.813. The van der Waals surface area contributed by atoms with E-state index < -0.39 is 0 Å². The average Bonchev–Trinajstić information content (AvgIpc) is 3.04. The summed E-state index contributed by atoms with van der Waals surface area (Å²) >= 11 is 3.28. The Balaban J connectivity index is 2.03. The van der Waals surface area contributed by atoms with Crippen LogP contribution < -0.4 is 0 Å². The van der Waals surface area contributed by atoms with Gasteiger partial charge >= 0.3 is 0 Å². The first-order valence-corrected chi connectivity index (χ1v) is 7.69. The Bertz CT molecular complexity index is 744. The van der Waals surface area contributed by atoms with E-state index in [2.05, 4.69) is 27.6 Å². The highest BCUT2D eigenvalue weighted by Gasteiger charge is 2.18. The Morgan fingerprint density at radius 1 is 1.47 bits per heavy atom. The normalized spacial score (nSPS) is 11.3. The third kappa shape index (κ3) is 2.15. The van der Waals surface area contributed by atoms with Crippen molar-refractivity contribution in [1.29, 1.82) is 5.26 Å². The Labute approximate surface area is 119 Å². The van der Waals surface area contributed by atoms with Gasteiger partial charge in [0.05, 0.1) is 5.69 Å². The molecule has 0 aliphatic heterocycles. The molecular formula is C13H12N4S2. The fourth-order valence-corrected chi connectivity index (χ4v) is 3.67. The number of nitrogens with zero attached hydrogens (tertiary/aromatic N) is 4. The van der Waals surface area contributed by atoms with Crippen LogP contribution in [0.1, 0.15) is 41.0 Å². The molecule has 0 unspecified atom stereocenters. The molecule has 0 radical (unpaired) electrons. The van der Waals surface area contributed by atoms with Crippen LogP contribution in [0.15, 0.2) is 17.5 Å². The van der Waals surface area contributed by atoms with Gasteiger partial charge in [0.2, 0.25) is 4.96 Å². The van der Waals surface area contributed by atoms with E-state index in [-0.39, 0.29) is 5.92 Å². The van der Waals surface area contributed by atoms with Gasteiger partial charge in [-0.2, -0.15) is 14.9 Å². The molecule has 19 heavy (non-hydrogen) atoms. The van der Waals surface area contributed by atoms with Crippen LogP contribution in [0.5, 0.6) is 0 Å². The van der Waals surface area contributed by atoms with Gasteiger partial charge in [0.15, 0.2) is 5.69 Å². The summed E-state index contributed by atoms with van der Waals surface area (Å²) in [6.45, 7) is 4.08. The van der Waals surface area contributed by atoms with Crippen molar-refractivity contribution in [3.8, 4) is 6.07 Å². The zero-order valence-electron chi connectivity index (χ0n) is 10.6. The van der Waals surface area contributed by atoms with Crippen LogP contribution in [0.2, 0.25) is 0 Å². The summed E-state index contributed by atoms with van der Waals surface area (Å²) in [5, 5.41) is 16.9. The number of fused-ring (bicyclic) bond motifs is 1. The van der Waals surface area contributed by atoms with Crippen LogP contribution in [0.3, 0.4) is 0 Å². The third-order valence-electron chi connectivity index (χ3n) is 2.83. The van der Waals surface area contributed by atoms with E-state index in [4.69, 9.17) is 0 Å². The van der Waals surface area contributed by atoms with Crippen molar-refractivity contribution in [2.75, 3.05) is 0 Å². The highest BCUT2D eigenvalue weighted by molar-refractivity contribution is 7.17. The number of aromatic nitrogens is 3. The highest BCUT2D eigenvalue weighted by atomic mass is 32.1. The van der Waals surface area contributed by atoms with Crippen molar-refractivity contribution in [1.82, 2.24) is 14.6 Å². The van der Waals surface area contributed by atoms with Crippen molar-refractivity contribution < 1.29 is 0 Å². The number of imidazole rings is 1. The molecule has 0 bridgehead atoms. The van der Waals surface area contributed by atoms with Gasteiger partial charge in [-0.25, -0.2) is 4.98 Å². The van der Waals surface area contributed by atoms with Gasteiger partial charge in [-0.1, -0.05) is 31.3 Å². The smallest absolute Gasteiger partial charge is 0.213 e. The van der Waals surface area contributed by atoms with Gasteiger partial charge in [0, 0.05) is 11.3 Å². The maximum Gasteiger partial charge on any atom is 0.213 e. The molecule has 3 aromatic rings. The van der Waals surface area contributed by atoms with E-state index in [0.29, 0.717) is 5.69 Å². The summed E-state index contributed by atoms with van der Waals surface area (Å²) in [6, 6.07) is 6.35. The van der Waals surface area contributed by atoms with Crippen molar-refractivity contribution in [2.45, 2.75) is 26.2 Å². The minimum atomic E-state index is 0.240. The molecule has 0 N–H and O–H groups in total. The number of nitriles is 1. The Hall–Kier alpha value is -1.71. The van der Waals surface area contributed by atoms with Gasteiger partial charge in [-0.05, 0) is 17.4 Å². The van der Waals surface area contributed by atoms with Crippen LogP contribution in [-0.4, -0.2) is 14.6 Å². The first-order chi connectivity index (χ1) is 9.19. The molecule has 3 aromatic heterocycles. The Kier molecular flexibility index (Phi) is 3.09. The summed E-state index contributed by atoms with van der Waals surface area (Å²) in [5.41, 5.74) is 1.41. The molecule has 0 saturated carbocycles. The Morgan fingerprint density at radius 3 is 2.95 bits per heavy atom. The van der Waals surface area contributed by atoms with Crippen LogP contribution in [0.25, 0.3) is 4.96 Å². The van der Waals surface area contributed by atoms with Crippen molar-refractivity contribution >= 4 is 27.6 Å². The largest absolute Gasteiger partial charge is 0.221 e. The van der Waals surface area contributed by atoms with Gasteiger partial charge in [0.1, 0.15) is 11.1 Å². The average molecular weight is 288 g/mol. The van der Waals surface area contributed by atoms with Crippen LogP contribution in [0, 0.1) is 11.3 Å². The number of rotatable bonds is 3. The molecule has 0 saturated heterocycles. The maximum absolute atomic E-state index is 9.28. The molecule has 3 rings (SSSR count). The van der Waals surface area contributed by atoms with E-state index in [1.807, 2.05) is 19.9 Å².